The highest BCUT2D eigenvalue weighted by molar-refractivity contribution is 5.94. The molecule has 1 aromatic rings. The van der Waals surface area contributed by atoms with Crippen molar-refractivity contribution < 1.29 is 33.3 Å². The number of fused-ring (bicyclic) bond motifs is 1. The topological polar surface area (TPSA) is 92.3 Å². The predicted molar refractivity (Wildman–Crippen MR) is 138 cm³/mol. The van der Waals surface area contributed by atoms with Gasteiger partial charge in [-0.1, -0.05) is 57.0 Å². The summed E-state index contributed by atoms with van der Waals surface area (Å²) in [5.74, 6) is 0.212. The number of hydrogen-bond donors (Lipinski definition) is 1. The van der Waals surface area contributed by atoms with Gasteiger partial charge in [0.1, 0.15) is 24.2 Å². The summed E-state index contributed by atoms with van der Waals surface area (Å²) in [6.07, 6.45) is 11.5. The van der Waals surface area contributed by atoms with Crippen molar-refractivity contribution >= 4 is 12.1 Å². The van der Waals surface area contributed by atoms with Gasteiger partial charge in [-0.15, -0.1) is 0 Å². The standard InChI is InChI=1S/C28H41NO7/c1-5-6-9-18-34-28(31)29-17-11-15-23-19-25(35-20-32-3)21(2)12-7-8-13-22-14-10-16-24(33-4)26(22)27(30)36-23/h7-8,10-11,14,16-17,21,23,25H,5-6,9,12-13,15,18-20H2,1-4H3,(H,29,31)/b8-7+,17-11+/t21-,23?,25+/m0/s1. The van der Waals surface area contributed by atoms with Crippen molar-refractivity contribution in [3.05, 3.63) is 53.8 Å². The lowest BCUT2D eigenvalue weighted by Crippen LogP contribution is -2.31. The molecule has 200 valence electrons. The van der Waals surface area contributed by atoms with Crippen molar-refractivity contribution in [2.24, 2.45) is 5.92 Å². The lowest BCUT2D eigenvalue weighted by molar-refractivity contribution is -0.102. The van der Waals surface area contributed by atoms with E-state index < -0.39 is 18.2 Å². The number of amides is 1. The number of allylic oxidation sites excluding steroid dienone is 2. The second-order valence-corrected chi connectivity index (χ2v) is 8.88. The van der Waals surface area contributed by atoms with Crippen LogP contribution in [0.2, 0.25) is 0 Å². The van der Waals surface area contributed by atoms with E-state index in [-0.39, 0.29) is 18.8 Å². The first kappa shape index (κ1) is 29.4. The second-order valence-electron chi connectivity index (χ2n) is 8.88. The zero-order chi connectivity index (χ0) is 26.2. The average Bonchev–Trinajstić information content (AvgIpc) is 2.88. The third-order valence-electron chi connectivity index (χ3n) is 6.05. The summed E-state index contributed by atoms with van der Waals surface area (Å²) in [6.45, 7) is 4.74. The van der Waals surface area contributed by atoms with Gasteiger partial charge < -0.3 is 23.7 Å². The van der Waals surface area contributed by atoms with Gasteiger partial charge in [0.2, 0.25) is 0 Å². The Bertz CT molecular complexity index is 867. The summed E-state index contributed by atoms with van der Waals surface area (Å²) in [4.78, 5) is 25.2. The minimum Gasteiger partial charge on any atom is -0.496 e. The lowest BCUT2D eigenvalue weighted by atomic mass is 9.93. The van der Waals surface area contributed by atoms with Crippen LogP contribution in [0.3, 0.4) is 0 Å². The van der Waals surface area contributed by atoms with Crippen LogP contribution in [0.5, 0.6) is 5.75 Å². The molecule has 1 heterocycles. The van der Waals surface area contributed by atoms with Gasteiger partial charge >= 0.3 is 12.1 Å². The summed E-state index contributed by atoms with van der Waals surface area (Å²) in [5.41, 5.74) is 1.27. The monoisotopic (exact) mass is 503 g/mol. The molecule has 0 fully saturated rings. The van der Waals surface area contributed by atoms with Crippen molar-refractivity contribution in [3.8, 4) is 5.75 Å². The van der Waals surface area contributed by atoms with Crippen LogP contribution in [-0.4, -0.2) is 51.9 Å². The van der Waals surface area contributed by atoms with Gasteiger partial charge in [-0.3, -0.25) is 5.32 Å². The predicted octanol–water partition coefficient (Wildman–Crippen LogP) is 5.56. The Balaban J connectivity index is 2.17. The summed E-state index contributed by atoms with van der Waals surface area (Å²) in [5, 5.41) is 2.60. The van der Waals surface area contributed by atoms with Crippen LogP contribution in [0.1, 0.15) is 68.3 Å². The number of rotatable bonds is 11. The van der Waals surface area contributed by atoms with E-state index in [9.17, 15) is 9.59 Å². The van der Waals surface area contributed by atoms with Crippen LogP contribution < -0.4 is 10.1 Å². The number of hydrogen-bond acceptors (Lipinski definition) is 7. The molecule has 0 radical (unpaired) electrons. The highest BCUT2D eigenvalue weighted by Gasteiger charge is 2.27. The first-order chi connectivity index (χ1) is 17.5. The van der Waals surface area contributed by atoms with Gasteiger partial charge in [0, 0.05) is 26.2 Å². The third kappa shape index (κ3) is 10.0. The molecule has 1 aliphatic heterocycles. The molecular formula is C28H41NO7. The van der Waals surface area contributed by atoms with E-state index in [1.165, 1.54) is 6.20 Å². The van der Waals surface area contributed by atoms with Gasteiger partial charge in [-0.25, -0.2) is 9.59 Å². The molecule has 0 saturated carbocycles. The minimum atomic E-state index is -0.501. The molecule has 1 aromatic carbocycles. The number of cyclic esters (lactones) is 1. The van der Waals surface area contributed by atoms with Crippen LogP contribution in [0.4, 0.5) is 4.79 Å². The SMILES string of the molecule is CCCCCOC(=O)N/C=C/CC1C[C@@H](OCOC)[C@@H](C)C/C=C/Cc2cccc(OC)c2C(=O)O1. The normalized spacial score (nSPS) is 21.6. The molecule has 8 nitrogen and oxygen atoms in total. The number of esters is 1. The fraction of sp³-hybridized carbons (Fsp3) is 0.571. The van der Waals surface area contributed by atoms with Crippen LogP contribution in [-0.2, 0) is 25.4 Å². The Morgan fingerprint density at radius 3 is 2.81 bits per heavy atom. The third-order valence-corrected chi connectivity index (χ3v) is 6.05. The molecule has 0 saturated heterocycles. The van der Waals surface area contributed by atoms with E-state index in [4.69, 9.17) is 23.7 Å². The Labute approximate surface area is 215 Å². The Hall–Kier alpha value is -2.84. The summed E-state index contributed by atoms with van der Waals surface area (Å²) in [7, 11) is 3.12. The Morgan fingerprint density at radius 2 is 2.06 bits per heavy atom. The van der Waals surface area contributed by atoms with Gasteiger partial charge in [0.05, 0.1) is 19.8 Å². The van der Waals surface area contributed by atoms with Gasteiger partial charge in [-0.2, -0.15) is 0 Å². The van der Waals surface area contributed by atoms with Gasteiger partial charge in [0.25, 0.3) is 0 Å². The first-order valence-electron chi connectivity index (χ1n) is 12.7. The number of ether oxygens (including phenoxy) is 5. The highest BCUT2D eigenvalue weighted by Crippen LogP contribution is 2.28. The highest BCUT2D eigenvalue weighted by atomic mass is 16.7. The maximum atomic E-state index is 13.3. The van der Waals surface area contributed by atoms with E-state index in [0.29, 0.717) is 37.2 Å². The van der Waals surface area contributed by atoms with Crippen molar-refractivity contribution in [1.29, 1.82) is 0 Å². The molecule has 8 heteroatoms. The van der Waals surface area contributed by atoms with Crippen LogP contribution >= 0.6 is 0 Å². The van der Waals surface area contributed by atoms with E-state index in [1.807, 2.05) is 12.1 Å². The number of nitrogens with one attached hydrogen (secondary N) is 1. The Kier molecular flexibility index (Phi) is 13.7. The molecule has 1 unspecified atom stereocenters. The number of methoxy groups -OCH3 is 2. The maximum Gasteiger partial charge on any atom is 0.411 e. The molecule has 0 bridgehead atoms. The molecule has 3 atom stereocenters. The minimum absolute atomic E-state index is 0.150. The lowest BCUT2D eigenvalue weighted by Gasteiger charge is -2.28. The van der Waals surface area contributed by atoms with Crippen molar-refractivity contribution in [3.63, 3.8) is 0 Å². The van der Waals surface area contributed by atoms with Crippen molar-refractivity contribution in [1.82, 2.24) is 5.32 Å². The number of unbranched alkanes of at least 4 members (excludes halogenated alkanes) is 2. The van der Waals surface area contributed by atoms with E-state index in [0.717, 1.165) is 31.2 Å². The quantitative estimate of drug-likeness (QED) is 0.183. The molecule has 0 spiro atoms. The van der Waals surface area contributed by atoms with Crippen LogP contribution in [0.15, 0.2) is 42.6 Å². The van der Waals surface area contributed by atoms with E-state index in [1.54, 1.807) is 26.4 Å². The molecule has 1 aliphatic rings. The first-order valence-corrected chi connectivity index (χ1v) is 12.7. The number of carbonyl (C=O) groups excluding carboxylic acids is 2. The molecule has 0 aliphatic carbocycles. The van der Waals surface area contributed by atoms with Crippen molar-refractivity contribution in [2.45, 2.75) is 71.0 Å². The van der Waals surface area contributed by atoms with Gasteiger partial charge in [-0.05, 0) is 36.8 Å². The molecule has 36 heavy (non-hydrogen) atoms. The smallest absolute Gasteiger partial charge is 0.411 e. The van der Waals surface area contributed by atoms with E-state index in [2.05, 4.69) is 31.3 Å². The molecule has 1 N–H and O–H groups in total. The maximum absolute atomic E-state index is 13.3. The molecule has 0 aromatic heterocycles. The van der Waals surface area contributed by atoms with Crippen LogP contribution in [0, 0.1) is 5.92 Å². The fourth-order valence-electron chi connectivity index (χ4n) is 4.01. The molecule has 1 amide bonds. The number of carbonyl (C=O) groups is 2. The molecular weight excluding hydrogens is 462 g/mol. The van der Waals surface area contributed by atoms with Gasteiger partial charge in [0.15, 0.2) is 0 Å². The second kappa shape index (κ2) is 16.8. The fourth-order valence-corrected chi connectivity index (χ4v) is 4.01. The zero-order valence-electron chi connectivity index (χ0n) is 22.0. The number of benzene rings is 1. The zero-order valence-corrected chi connectivity index (χ0v) is 22.0. The average molecular weight is 504 g/mol. The number of alkyl carbamates (subject to hydrolysis) is 1. The van der Waals surface area contributed by atoms with Crippen molar-refractivity contribution in [2.75, 3.05) is 27.6 Å². The summed E-state index contributed by atoms with van der Waals surface area (Å²) in [6, 6.07) is 5.54. The summed E-state index contributed by atoms with van der Waals surface area (Å²) < 4.78 is 27.7. The largest absolute Gasteiger partial charge is 0.496 e. The van der Waals surface area contributed by atoms with Crippen LogP contribution in [0.25, 0.3) is 0 Å². The Morgan fingerprint density at radius 1 is 1.22 bits per heavy atom. The summed E-state index contributed by atoms with van der Waals surface area (Å²) >= 11 is 0. The molecule has 2 rings (SSSR count). The van der Waals surface area contributed by atoms with E-state index >= 15 is 0 Å².